The number of benzene rings is 2. The lowest BCUT2D eigenvalue weighted by molar-refractivity contribution is 0.102. The van der Waals surface area contributed by atoms with Gasteiger partial charge in [-0.2, -0.15) is 0 Å². The highest BCUT2D eigenvalue weighted by Gasteiger charge is 2.25. The number of amides is 1. The molecule has 7 nitrogen and oxygen atoms in total. The molecular weight excluding hydrogens is 444 g/mol. The van der Waals surface area contributed by atoms with Crippen molar-refractivity contribution < 1.29 is 13.2 Å². The second-order valence-electron chi connectivity index (χ2n) is 6.76. The van der Waals surface area contributed by atoms with E-state index in [1.165, 1.54) is 0 Å². The molecule has 0 saturated heterocycles. The van der Waals surface area contributed by atoms with Gasteiger partial charge in [-0.3, -0.25) is 10.1 Å². The molecule has 30 heavy (non-hydrogen) atoms. The highest BCUT2D eigenvalue weighted by Crippen LogP contribution is 2.25. The Balaban J connectivity index is 1.74. The zero-order chi connectivity index (χ0) is 21.9. The van der Waals surface area contributed by atoms with Crippen LogP contribution in [-0.2, 0) is 10.0 Å². The Morgan fingerprint density at radius 2 is 1.80 bits per heavy atom. The minimum atomic E-state index is -3.90. The van der Waals surface area contributed by atoms with Crippen molar-refractivity contribution >= 4 is 44.0 Å². The van der Waals surface area contributed by atoms with Crippen LogP contribution < -0.4 is 10.0 Å². The molecule has 2 N–H and O–H groups in total. The second-order valence-corrected chi connectivity index (χ2v) is 10.1. The molecule has 2 aromatic carbocycles. The summed E-state index contributed by atoms with van der Waals surface area (Å²) in [5, 5.41) is 10.7. The number of anilines is 1. The molecule has 3 rings (SSSR count). The zero-order valence-electron chi connectivity index (χ0n) is 16.6. The van der Waals surface area contributed by atoms with Gasteiger partial charge in [-0.25, -0.2) is 13.1 Å². The molecule has 10 heteroatoms. The van der Waals surface area contributed by atoms with Crippen LogP contribution in [0.2, 0.25) is 5.02 Å². The molecule has 0 radical (unpaired) electrons. The van der Waals surface area contributed by atoms with Crippen molar-refractivity contribution in [2.75, 3.05) is 5.32 Å². The molecule has 1 amide bonds. The first-order valence-electron chi connectivity index (χ1n) is 9.19. The van der Waals surface area contributed by atoms with E-state index >= 15 is 0 Å². The Hall–Kier alpha value is -2.33. The van der Waals surface area contributed by atoms with Gasteiger partial charge in [0.2, 0.25) is 9.47 Å². The van der Waals surface area contributed by atoms with E-state index in [0.29, 0.717) is 17.0 Å². The first-order chi connectivity index (χ1) is 14.2. The summed E-state index contributed by atoms with van der Waals surface area (Å²) in [6.45, 7) is 5.89. The molecule has 0 unspecified atom stereocenters. The average Bonchev–Trinajstić information content (AvgIpc) is 3.18. The van der Waals surface area contributed by atoms with E-state index in [0.717, 1.165) is 28.0 Å². The first kappa shape index (κ1) is 22.4. The Morgan fingerprint density at radius 3 is 2.43 bits per heavy atom. The Labute approximate surface area is 184 Å². The monoisotopic (exact) mass is 464 g/mol. The van der Waals surface area contributed by atoms with Gasteiger partial charge < -0.3 is 0 Å². The van der Waals surface area contributed by atoms with Gasteiger partial charge in [0.15, 0.2) is 0 Å². The van der Waals surface area contributed by atoms with Crippen molar-refractivity contribution in [2.24, 2.45) is 0 Å². The summed E-state index contributed by atoms with van der Waals surface area (Å²) in [5.74, 6) is -0.429. The highest BCUT2D eigenvalue weighted by atomic mass is 35.5. The maximum absolute atomic E-state index is 12.8. The van der Waals surface area contributed by atoms with Gasteiger partial charge in [0.1, 0.15) is 0 Å². The van der Waals surface area contributed by atoms with Crippen LogP contribution >= 0.6 is 22.9 Å². The van der Waals surface area contributed by atoms with Crippen LogP contribution in [0.3, 0.4) is 0 Å². The summed E-state index contributed by atoms with van der Waals surface area (Å²) in [7, 11) is -3.90. The highest BCUT2D eigenvalue weighted by molar-refractivity contribution is 7.91. The summed E-state index contributed by atoms with van der Waals surface area (Å²) in [5.41, 5.74) is 3.48. The predicted molar refractivity (Wildman–Crippen MR) is 119 cm³/mol. The Morgan fingerprint density at radius 1 is 1.10 bits per heavy atom. The third-order valence-electron chi connectivity index (χ3n) is 4.60. The summed E-state index contributed by atoms with van der Waals surface area (Å²) in [6.07, 6.45) is 0.570. The zero-order valence-corrected chi connectivity index (χ0v) is 19.0. The third kappa shape index (κ3) is 5.23. The van der Waals surface area contributed by atoms with Gasteiger partial charge in [0, 0.05) is 16.6 Å². The standard InChI is InChI=1S/C20H21ClN4O3S2/c1-4-17(15-6-5-12(2)13(3)11-15)25-30(27,28)20-24-23-19(29-20)22-18(26)14-7-9-16(21)10-8-14/h5-11,17,25H,4H2,1-3H3,(H,22,23,26)/t17-/m0/s1. The van der Waals surface area contributed by atoms with Crippen LogP contribution in [0.1, 0.15) is 46.4 Å². The lowest BCUT2D eigenvalue weighted by Gasteiger charge is -2.17. The number of sulfonamides is 1. The van der Waals surface area contributed by atoms with Crippen LogP contribution in [-0.4, -0.2) is 24.5 Å². The quantitative estimate of drug-likeness (QED) is 0.501. The average molecular weight is 465 g/mol. The molecule has 0 aliphatic rings. The Bertz CT molecular complexity index is 1160. The smallest absolute Gasteiger partial charge is 0.270 e. The Kier molecular flexibility index (Phi) is 6.87. The number of carbonyl (C=O) groups is 1. The molecule has 1 heterocycles. The van der Waals surface area contributed by atoms with Gasteiger partial charge in [-0.15, -0.1) is 10.2 Å². The van der Waals surface area contributed by atoms with Crippen LogP contribution in [0.25, 0.3) is 0 Å². The maximum Gasteiger partial charge on any atom is 0.270 e. The van der Waals surface area contributed by atoms with Crippen molar-refractivity contribution in [1.29, 1.82) is 0 Å². The van der Waals surface area contributed by atoms with Gasteiger partial charge in [0.05, 0.1) is 0 Å². The molecule has 0 aliphatic carbocycles. The summed E-state index contributed by atoms with van der Waals surface area (Å²) < 4.78 is 28.1. The second kappa shape index (κ2) is 9.22. The number of halogens is 1. The number of hydrogen-bond acceptors (Lipinski definition) is 6. The van der Waals surface area contributed by atoms with Gasteiger partial charge >= 0.3 is 0 Å². The number of hydrogen-bond donors (Lipinski definition) is 2. The fourth-order valence-electron chi connectivity index (χ4n) is 2.75. The molecule has 0 bridgehead atoms. The van der Waals surface area contributed by atoms with E-state index in [1.54, 1.807) is 24.3 Å². The van der Waals surface area contributed by atoms with Crippen molar-refractivity contribution in [3.63, 3.8) is 0 Å². The normalized spacial score (nSPS) is 12.5. The summed E-state index contributed by atoms with van der Waals surface area (Å²) >= 11 is 6.61. The van der Waals surface area contributed by atoms with Crippen LogP contribution in [0.15, 0.2) is 46.8 Å². The van der Waals surface area contributed by atoms with Crippen LogP contribution in [0.4, 0.5) is 5.13 Å². The minimum Gasteiger partial charge on any atom is -0.296 e. The van der Waals surface area contributed by atoms with E-state index in [1.807, 2.05) is 39.0 Å². The fourth-order valence-corrected chi connectivity index (χ4v) is 5.09. The number of rotatable bonds is 7. The molecule has 0 fully saturated rings. The molecule has 1 atom stereocenters. The molecular formula is C20H21ClN4O3S2. The predicted octanol–water partition coefficient (Wildman–Crippen LogP) is 4.49. The maximum atomic E-state index is 12.8. The lowest BCUT2D eigenvalue weighted by Crippen LogP contribution is -2.28. The largest absolute Gasteiger partial charge is 0.296 e. The molecule has 0 aliphatic heterocycles. The summed E-state index contributed by atoms with van der Waals surface area (Å²) in [4.78, 5) is 12.3. The van der Waals surface area contributed by atoms with Gasteiger partial charge in [-0.1, -0.05) is 48.1 Å². The van der Waals surface area contributed by atoms with Gasteiger partial charge in [-0.05, 0) is 61.2 Å². The molecule has 0 saturated carbocycles. The third-order valence-corrected chi connectivity index (χ3v) is 7.53. The SMILES string of the molecule is CC[C@H](NS(=O)(=O)c1nnc(NC(=O)c2ccc(Cl)cc2)s1)c1ccc(C)c(C)c1. The van der Waals surface area contributed by atoms with E-state index in [-0.39, 0.29) is 9.47 Å². The van der Waals surface area contributed by atoms with E-state index in [9.17, 15) is 13.2 Å². The lowest BCUT2D eigenvalue weighted by atomic mass is 10.0. The number of aryl methyl sites for hydroxylation is 2. The molecule has 1 aromatic heterocycles. The van der Waals surface area contributed by atoms with E-state index in [4.69, 9.17) is 11.6 Å². The van der Waals surface area contributed by atoms with Crippen molar-refractivity contribution in [3.8, 4) is 0 Å². The van der Waals surface area contributed by atoms with Crippen molar-refractivity contribution in [2.45, 2.75) is 37.6 Å². The van der Waals surface area contributed by atoms with Crippen molar-refractivity contribution in [3.05, 3.63) is 69.7 Å². The van der Waals surface area contributed by atoms with Gasteiger partial charge in [0.25, 0.3) is 15.9 Å². The molecule has 3 aromatic rings. The van der Waals surface area contributed by atoms with Crippen LogP contribution in [0, 0.1) is 13.8 Å². The topological polar surface area (TPSA) is 101 Å². The molecule has 0 spiro atoms. The van der Waals surface area contributed by atoms with Crippen LogP contribution in [0.5, 0.6) is 0 Å². The number of nitrogens with one attached hydrogen (secondary N) is 2. The number of nitrogens with zero attached hydrogens (tertiary/aromatic N) is 2. The fraction of sp³-hybridized carbons (Fsp3) is 0.250. The first-order valence-corrected chi connectivity index (χ1v) is 11.9. The van der Waals surface area contributed by atoms with E-state index < -0.39 is 22.0 Å². The molecule has 158 valence electrons. The summed E-state index contributed by atoms with van der Waals surface area (Å²) in [6, 6.07) is 11.8. The van der Waals surface area contributed by atoms with E-state index in [2.05, 4.69) is 20.2 Å². The van der Waals surface area contributed by atoms with Crippen molar-refractivity contribution in [1.82, 2.24) is 14.9 Å². The number of carbonyl (C=O) groups excluding carboxylic acids is 1. The number of aromatic nitrogens is 2. The minimum absolute atomic E-state index is 0.0922.